The van der Waals surface area contributed by atoms with E-state index in [4.69, 9.17) is 9.15 Å². The van der Waals surface area contributed by atoms with Crippen molar-refractivity contribution in [1.29, 1.82) is 0 Å². The number of fused-ring (bicyclic) bond motifs is 1. The molecule has 23 heavy (non-hydrogen) atoms. The first kappa shape index (κ1) is 15.0. The molecule has 0 spiro atoms. The maximum absolute atomic E-state index is 12.0. The average molecular weight is 312 g/mol. The molecule has 1 N–H and O–H groups in total. The second-order valence-electron chi connectivity index (χ2n) is 5.18. The first-order valence-corrected chi connectivity index (χ1v) is 7.34. The highest BCUT2D eigenvalue weighted by molar-refractivity contribution is 5.77. The lowest BCUT2D eigenvalue weighted by molar-refractivity contribution is -0.149. The molecule has 0 radical (unpaired) electrons. The van der Waals surface area contributed by atoms with E-state index >= 15 is 0 Å². The molecule has 2 heterocycles. The van der Waals surface area contributed by atoms with Crippen LogP contribution in [0, 0.1) is 0 Å². The van der Waals surface area contributed by atoms with Crippen LogP contribution >= 0.6 is 0 Å². The van der Waals surface area contributed by atoms with Crippen LogP contribution in [0.2, 0.25) is 0 Å². The maximum Gasteiger partial charge on any atom is 0.306 e. The van der Waals surface area contributed by atoms with Crippen molar-refractivity contribution in [2.75, 3.05) is 0 Å². The monoisotopic (exact) mass is 312 g/mol. The van der Waals surface area contributed by atoms with Gasteiger partial charge in [-0.2, -0.15) is 0 Å². The average Bonchev–Trinajstić information content (AvgIpc) is 3.06. The molecule has 3 rings (SSSR count). The van der Waals surface area contributed by atoms with Gasteiger partial charge in [-0.1, -0.05) is 12.1 Å². The summed E-state index contributed by atoms with van der Waals surface area (Å²) < 4.78 is 10.5. The summed E-state index contributed by atoms with van der Waals surface area (Å²) in [6.45, 7) is 1.68. The number of ether oxygens (including phenoxy) is 1. The lowest BCUT2D eigenvalue weighted by Gasteiger charge is -2.12. The number of hydrogen-bond donors (Lipinski definition) is 1. The summed E-state index contributed by atoms with van der Waals surface area (Å²) in [6.07, 6.45) is 1.61. The molecule has 1 aromatic carbocycles. The van der Waals surface area contributed by atoms with Crippen LogP contribution in [-0.2, 0) is 16.0 Å². The molecule has 0 aliphatic rings. The molecule has 6 heteroatoms. The van der Waals surface area contributed by atoms with Crippen molar-refractivity contribution in [2.24, 2.45) is 0 Å². The van der Waals surface area contributed by atoms with Gasteiger partial charge in [-0.05, 0) is 31.2 Å². The van der Waals surface area contributed by atoms with Gasteiger partial charge >= 0.3 is 5.97 Å². The number of rotatable bonds is 5. The predicted octanol–water partition coefficient (Wildman–Crippen LogP) is 2.75. The van der Waals surface area contributed by atoms with E-state index in [2.05, 4.69) is 9.97 Å². The quantitative estimate of drug-likeness (QED) is 0.732. The highest BCUT2D eigenvalue weighted by Crippen LogP contribution is 2.15. The fraction of sp³-hybridized carbons (Fsp3) is 0.235. The summed E-state index contributed by atoms with van der Waals surface area (Å²) in [6, 6.07) is 10.6. The molecule has 1 atom stereocenters. The minimum Gasteiger partial charge on any atom is -0.469 e. The molecule has 118 valence electrons. The van der Waals surface area contributed by atoms with Crippen molar-refractivity contribution >= 4 is 16.9 Å². The van der Waals surface area contributed by atoms with Crippen LogP contribution in [0.15, 0.2) is 51.9 Å². The van der Waals surface area contributed by atoms with E-state index in [0.717, 1.165) is 5.76 Å². The number of carbonyl (C=O) groups excluding carboxylic acids is 1. The zero-order valence-corrected chi connectivity index (χ0v) is 12.6. The number of nitrogens with zero attached hydrogens (tertiary/aromatic N) is 1. The fourth-order valence-corrected chi connectivity index (χ4v) is 2.29. The SMILES string of the molecule is CC(OC(=O)CCc1ccco1)c1nc2ccccc2c(=O)[nH]1. The van der Waals surface area contributed by atoms with Crippen molar-refractivity contribution in [3.63, 3.8) is 0 Å². The summed E-state index contributed by atoms with van der Waals surface area (Å²) in [5, 5.41) is 0.507. The van der Waals surface area contributed by atoms with Crippen LogP contribution in [-0.4, -0.2) is 15.9 Å². The van der Waals surface area contributed by atoms with Crippen LogP contribution in [0.25, 0.3) is 10.9 Å². The van der Waals surface area contributed by atoms with E-state index in [-0.39, 0.29) is 17.9 Å². The third-order valence-corrected chi connectivity index (χ3v) is 3.48. The lowest BCUT2D eigenvalue weighted by atomic mass is 10.2. The molecule has 0 bridgehead atoms. The van der Waals surface area contributed by atoms with Gasteiger partial charge in [0, 0.05) is 6.42 Å². The summed E-state index contributed by atoms with van der Waals surface area (Å²) >= 11 is 0. The van der Waals surface area contributed by atoms with Crippen LogP contribution in [0.5, 0.6) is 0 Å². The second-order valence-corrected chi connectivity index (χ2v) is 5.18. The Bertz CT molecular complexity index is 868. The predicted molar refractivity (Wildman–Crippen MR) is 83.9 cm³/mol. The Hall–Kier alpha value is -2.89. The highest BCUT2D eigenvalue weighted by Gasteiger charge is 2.15. The van der Waals surface area contributed by atoms with Crippen molar-refractivity contribution < 1.29 is 13.9 Å². The molecular weight excluding hydrogens is 296 g/mol. The number of carbonyl (C=O) groups is 1. The van der Waals surface area contributed by atoms with Gasteiger partial charge in [0.2, 0.25) is 0 Å². The van der Waals surface area contributed by atoms with Gasteiger partial charge < -0.3 is 14.1 Å². The van der Waals surface area contributed by atoms with E-state index in [9.17, 15) is 9.59 Å². The normalized spacial score (nSPS) is 12.2. The molecule has 0 aliphatic carbocycles. The van der Waals surface area contributed by atoms with E-state index in [0.29, 0.717) is 23.1 Å². The number of aromatic amines is 1. The highest BCUT2D eigenvalue weighted by atomic mass is 16.5. The number of esters is 1. The Labute approximate surface area is 132 Å². The topological polar surface area (TPSA) is 85.2 Å². The Balaban J connectivity index is 1.69. The summed E-state index contributed by atoms with van der Waals surface area (Å²) in [5.74, 6) is 0.691. The molecule has 0 amide bonds. The van der Waals surface area contributed by atoms with Crippen LogP contribution in [0.3, 0.4) is 0 Å². The number of para-hydroxylation sites is 1. The number of furan rings is 1. The van der Waals surface area contributed by atoms with Gasteiger partial charge in [0.1, 0.15) is 5.76 Å². The smallest absolute Gasteiger partial charge is 0.306 e. The molecule has 6 nitrogen and oxygen atoms in total. The first-order chi connectivity index (χ1) is 11.1. The van der Waals surface area contributed by atoms with Crippen LogP contribution < -0.4 is 5.56 Å². The zero-order valence-electron chi connectivity index (χ0n) is 12.6. The minimum atomic E-state index is -0.628. The van der Waals surface area contributed by atoms with Gasteiger partial charge in [0.15, 0.2) is 11.9 Å². The standard InChI is InChI=1S/C17H16N2O4/c1-11(23-15(20)9-8-12-5-4-10-22-12)16-18-14-7-3-2-6-13(14)17(21)19-16/h2-7,10-11H,8-9H2,1H3,(H,18,19,21). The maximum atomic E-state index is 12.0. The van der Waals surface area contributed by atoms with Crippen molar-refractivity contribution in [3.8, 4) is 0 Å². The van der Waals surface area contributed by atoms with Gasteiger partial charge in [-0.15, -0.1) is 0 Å². The van der Waals surface area contributed by atoms with Crippen LogP contribution in [0.4, 0.5) is 0 Å². The second kappa shape index (κ2) is 6.48. The van der Waals surface area contributed by atoms with Gasteiger partial charge in [-0.3, -0.25) is 9.59 Å². The van der Waals surface area contributed by atoms with Crippen LogP contribution in [0.1, 0.15) is 31.0 Å². The van der Waals surface area contributed by atoms with Crippen molar-refractivity contribution in [2.45, 2.75) is 25.9 Å². The molecule has 3 aromatic rings. The molecule has 2 aromatic heterocycles. The number of aryl methyl sites for hydroxylation is 1. The summed E-state index contributed by atoms with van der Waals surface area (Å²) in [7, 11) is 0. The van der Waals surface area contributed by atoms with E-state index in [1.165, 1.54) is 0 Å². The van der Waals surface area contributed by atoms with E-state index in [1.807, 2.05) is 0 Å². The van der Waals surface area contributed by atoms with Crippen molar-refractivity contribution in [3.05, 3.63) is 64.6 Å². The first-order valence-electron chi connectivity index (χ1n) is 7.34. The number of benzene rings is 1. The van der Waals surface area contributed by atoms with Crippen molar-refractivity contribution in [1.82, 2.24) is 9.97 Å². The number of aromatic nitrogens is 2. The molecule has 0 saturated carbocycles. The Kier molecular flexibility index (Phi) is 4.23. The Morgan fingerprint density at radius 3 is 2.91 bits per heavy atom. The third kappa shape index (κ3) is 3.48. The number of hydrogen-bond acceptors (Lipinski definition) is 5. The number of H-pyrrole nitrogens is 1. The lowest BCUT2D eigenvalue weighted by Crippen LogP contribution is -2.17. The summed E-state index contributed by atoms with van der Waals surface area (Å²) in [4.78, 5) is 30.9. The number of nitrogens with one attached hydrogen (secondary N) is 1. The largest absolute Gasteiger partial charge is 0.469 e. The van der Waals surface area contributed by atoms with Gasteiger partial charge in [0.25, 0.3) is 5.56 Å². The molecule has 0 saturated heterocycles. The summed E-state index contributed by atoms with van der Waals surface area (Å²) in [5.41, 5.74) is 0.328. The Morgan fingerprint density at radius 1 is 1.30 bits per heavy atom. The minimum absolute atomic E-state index is 0.204. The third-order valence-electron chi connectivity index (χ3n) is 3.48. The molecular formula is C17H16N2O4. The zero-order chi connectivity index (χ0) is 16.2. The molecule has 0 aliphatic heterocycles. The molecule has 1 unspecified atom stereocenters. The molecule has 0 fully saturated rings. The van der Waals surface area contributed by atoms with Gasteiger partial charge in [-0.25, -0.2) is 4.98 Å². The van der Waals surface area contributed by atoms with Gasteiger partial charge in [0.05, 0.1) is 23.6 Å². The Morgan fingerprint density at radius 2 is 2.13 bits per heavy atom. The van der Waals surface area contributed by atoms with E-state index < -0.39 is 6.10 Å². The fourth-order valence-electron chi connectivity index (χ4n) is 2.29. The van der Waals surface area contributed by atoms with E-state index in [1.54, 1.807) is 49.6 Å².